The molecule has 0 saturated heterocycles. The topological polar surface area (TPSA) is 69.6 Å². The summed E-state index contributed by atoms with van der Waals surface area (Å²) in [5.41, 5.74) is 1.84. The molecule has 2 aromatic heterocycles. The quantitative estimate of drug-likeness (QED) is 0.700. The first-order valence-electron chi connectivity index (χ1n) is 5.65. The first-order chi connectivity index (χ1) is 8.86. The van der Waals surface area contributed by atoms with Crippen LogP contribution < -0.4 is 0 Å². The van der Waals surface area contributed by atoms with Crippen LogP contribution in [0.5, 0.6) is 0 Å². The highest BCUT2D eigenvalue weighted by Gasteiger charge is 2.08. The molecule has 0 unspecified atom stereocenters. The average Bonchev–Trinajstić information content (AvgIpc) is 3.10. The Kier molecular flexibility index (Phi) is 2.60. The van der Waals surface area contributed by atoms with E-state index in [9.17, 15) is 0 Å². The molecular formula is C12H11N5O. The highest BCUT2D eigenvalue weighted by Crippen LogP contribution is 2.20. The van der Waals surface area contributed by atoms with E-state index in [1.807, 2.05) is 35.8 Å². The number of benzene rings is 1. The number of nitrogens with zero attached hydrogens (tertiary/aromatic N) is 5. The second-order valence-electron chi connectivity index (χ2n) is 3.79. The zero-order valence-corrected chi connectivity index (χ0v) is 9.82. The molecule has 1 aromatic carbocycles. The second kappa shape index (κ2) is 4.40. The van der Waals surface area contributed by atoms with Crippen LogP contribution in [0.1, 0.15) is 12.7 Å². The van der Waals surface area contributed by atoms with Gasteiger partial charge in [-0.3, -0.25) is 4.57 Å². The summed E-state index contributed by atoms with van der Waals surface area (Å²) >= 11 is 0. The van der Waals surface area contributed by atoms with Crippen molar-refractivity contribution >= 4 is 0 Å². The molecule has 3 rings (SSSR count). The smallest absolute Gasteiger partial charge is 0.257 e. The van der Waals surface area contributed by atoms with E-state index in [2.05, 4.69) is 20.3 Å². The Morgan fingerprint density at radius 1 is 1.22 bits per heavy atom. The van der Waals surface area contributed by atoms with Gasteiger partial charge in [-0.25, -0.2) is 0 Å². The van der Waals surface area contributed by atoms with Crippen LogP contribution in [-0.4, -0.2) is 24.9 Å². The molecule has 6 heteroatoms. The van der Waals surface area contributed by atoms with E-state index in [4.69, 9.17) is 4.52 Å². The summed E-state index contributed by atoms with van der Waals surface area (Å²) in [4.78, 5) is 4.30. The SMILES string of the molecule is CCc1noc(-c2cccc(-n3cnnc3)c2)n1. The van der Waals surface area contributed by atoms with Gasteiger partial charge in [0, 0.05) is 17.7 Å². The van der Waals surface area contributed by atoms with Crippen molar-refractivity contribution in [3.8, 4) is 17.1 Å². The van der Waals surface area contributed by atoms with Crippen LogP contribution in [0.4, 0.5) is 0 Å². The molecule has 0 bridgehead atoms. The summed E-state index contributed by atoms with van der Waals surface area (Å²) < 4.78 is 7.03. The van der Waals surface area contributed by atoms with Crippen molar-refractivity contribution in [2.45, 2.75) is 13.3 Å². The Morgan fingerprint density at radius 3 is 2.78 bits per heavy atom. The Labute approximate surface area is 103 Å². The van der Waals surface area contributed by atoms with Crippen molar-refractivity contribution in [3.63, 3.8) is 0 Å². The van der Waals surface area contributed by atoms with Crippen molar-refractivity contribution in [1.82, 2.24) is 24.9 Å². The lowest BCUT2D eigenvalue weighted by molar-refractivity contribution is 0.423. The fraction of sp³-hybridized carbons (Fsp3) is 0.167. The lowest BCUT2D eigenvalue weighted by Gasteiger charge is -2.01. The molecule has 0 atom stereocenters. The third-order valence-electron chi connectivity index (χ3n) is 2.59. The van der Waals surface area contributed by atoms with Crippen molar-refractivity contribution in [3.05, 3.63) is 42.7 Å². The van der Waals surface area contributed by atoms with Gasteiger partial charge in [-0.15, -0.1) is 10.2 Å². The van der Waals surface area contributed by atoms with Gasteiger partial charge in [-0.05, 0) is 18.2 Å². The zero-order chi connectivity index (χ0) is 12.4. The van der Waals surface area contributed by atoms with E-state index in [1.54, 1.807) is 12.7 Å². The Morgan fingerprint density at radius 2 is 2.06 bits per heavy atom. The van der Waals surface area contributed by atoms with E-state index in [-0.39, 0.29) is 0 Å². The van der Waals surface area contributed by atoms with E-state index in [1.165, 1.54) is 0 Å². The number of hydrogen-bond donors (Lipinski definition) is 0. The summed E-state index contributed by atoms with van der Waals surface area (Å²) in [5.74, 6) is 1.24. The number of aryl methyl sites for hydroxylation is 1. The zero-order valence-electron chi connectivity index (χ0n) is 9.82. The maximum Gasteiger partial charge on any atom is 0.257 e. The minimum absolute atomic E-state index is 0.529. The average molecular weight is 241 g/mol. The molecule has 0 amide bonds. The fourth-order valence-corrected chi connectivity index (χ4v) is 1.65. The van der Waals surface area contributed by atoms with E-state index < -0.39 is 0 Å². The molecule has 0 aliphatic heterocycles. The lowest BCUT2D eigenvalue weighted by atomic mass is 10.2. The summed E-state index contributed by atoms with van der Waals surface area (Å²) in [5, 5.41) is 11.4. The van der Waals surface area contributed by atoms with Gasteiger partial charge >= 0.3 is 0 Å². The molecule has 0 radical (unpaired) electrons. The van der Waals surface area contributed by atoms with E-state index in [0.29, 0.717) is 11.7 Å². The van der Waals surface area contributed by atoms with Gasteiger partial charge in [0.1, 0.15) is 12.7 Å². The highest BCUT2D eigenvalue weighted by molar-refractivity contribution is 5.57. The monoisotopic (exact) mass is 241 g/mol. The van der Waals surface area contributed by atoms with Crippen molar-refractivity contribution in [1.29, 1.82) is 0 Å². The number of aromatic nitrogens is 5. The molecule has 0 aliphatic rings. The maximum absolute atomic E-state index is 5.21. The third kappa shape index (κ3) is 1.88. The molecule has 0 aliphatic carbocycles. The maximum atomic E-state index is 5.21. The summed E-state index contributed by atoms with van der Waals surface area (Å²) in [6, 6.07) is 7.78. The number of hydrogen-bond acceptors (Lipinski definition) is 5. The van der Waals surface area contributed by atoms with Crippen LogP contribution in [0.2, 0.25) is 0 Å². The van der Waals surface area contributed by atoms with E-state index in [0.717, 1.165) is 17.7 Å². The van der Waals surface area contributed by atoms with E-state index >= 15 is 0 Å². The molecule has 0 spiro atoms. The Bertz CT molecular complexity index is 644. The van der Waals surface area contributed by atoms with Crippen LogP contribution in [-0.2, 0) is 6.42 Å². The Balaban J connectivity index is 2.00. The van der Waals surface area contributed by atoms with Crippen molar-refractivity contribution < 1.29 is 4.52 Å². The first kappa shape index (κ1) is 10.6. The van der Waals surface area contributed by atoms with Gasteiger partial charge in [0.05, 0.1) is 0 Å². The normalized spacial score (nSPS) is 10.7. The van der Waals surface area contributed by atoms with Crippen molar-refractivity contribution in [2.75, 3.05) is 0 Å². The largest absolute Gasteiger partial charge is 0.334 e. The van der Waals surface area contributed by atoms with Gasteiger partial charge < -0.3 is 4.52 Å². The van der Waals surface area contributed by atoms with Crippen molar-refractivity contribution in [2.24, 2.45) is 0 Å². The molecule has 6 nitrogen and oxygen atoms in total. The third-order valence-corrected chi connectivity index (χ3v) is 2.59. The first-order valence-corrected chi connectivity index (χ1v) is 5.65. The summed E-state index contributed by atoms with van der Waals surface area (Å²) in [7, 11) is 0. The van der Waals surface area contributed by atoms with Gasteiger partial charge in [0.2, 0.25) is 0 Å². The molecule has 18 heavy (non-hydrogen) atoms. The molecule has 90 valence electrons. The van der Waals surface area contributed by atoms with Crippen LogP contribution in [0.3, 0.4) is 0 Å². The lowest BCUT2D eigenvalue weighted by Crippen LogP contribution is -1.90. The minimum atomic E-state index is 0.529. The van der Waals surface area contributed by atoms with Crippen LogP contribution >= 0.6 is 0 Å². The molecule has 0 saturated carbocycles. The molecule has 0 fully saturated rings. The minimum Gasteiger partial charge on any atom is -0.334 e. The fourth-order valence-electron chi connectivity index (χ4n) is 1.65. The van der Waals surface area contributed by atoms with Gasteiger partial charge in [-0.1, -0.05) is 18.1 Å². The van der Waals surface area contributed by atoms with Gasteiger partial charge in [0.15, 0.2) is 5.82 Å². The molecular weight excluding hydrogens is 230 g/mol. The van der Waals surface area contributed by atoms with Crippen LogP contribution in [0, 0.1) is 0 Å². The van der Waals surface area contributed by atoms with Crippen LogP contribution in [0.25, 0.3) is 17.1 Å². The molecule has 2 heterocycles. The summed E-state index contributed by atoms with van der Waals surface area (Å²) in [6.45, 7) is 1.99. The second-order valence-corrected chi connectivity index (χ2v) is 3.79. The predicted octanol–water partition coefficient (Wildman–Crippen LogP) is 1.88. The Hall–Kier alpha value is -2.50. The molecule has 0 N–H and O–H groups in total. The van der Waals surface area contributed by atoms with Gasteiger partial charge in [0.25, 0.3) is 5.89 Å². The standard InChI is InChI=1S/C12H11N5O/c1-2-11-15-12(18-16-11)9-4-3-5-10(6-9)17-7-13-14-8-17/h3-8H,2H2,1H3. The van der Waals surface area contributed by atoms with Crippen LogP contribution in [0.15, 0.2) is 41.4 Å². The van der Waals surface area contributed by atoms with Gasteiger partial charge in [-0.2, -0.15) is 4.98 Å². The highest BCUT2D eigenvalue weighted by atomic mass is 16.5. The summed E-state index contributed by atoms with van der Waals surface area (Å²) in [6.07, 6.45) is 4.05. The predicted molar refractivity (Wildman–Crippen MR) is 64.0 cm³/mol. The number of rotatable bonds is 3. The molecule has 3 aromatic rings.